The first-order valence-corrected chi connectivity index (χ1v) is 7.82. The zero-order chi connectivity index (χ0) is 20.0. The number of phenols is 1. The lowest BCUT2D eigenvalue weighted by molar-refractivity contribution is -0.385. The minimum atomic E-state index is -0.753. The van der Waals surface area contributed by atoms with Crippen LogP contribution >= 0.6 is 0 Å². The second-order valence-corrected chi connectivity index (χ2v) is 5.55. The summed E-state index contributed by atoms with van der Waals surface area (Å²) in [5.41, 5.74) is 0.934. The van der Waals surface area contributed by atoms with Gasteiger partial charge in [-0.05, 0) is 30.7 Å². The molecule has 2 rings (SSSR count). The van der Waals surface area contributed by atoms with Gasteiger partial charge in [-0.25, -0.2) is 4.79 Å². The van der Waals surface area contributed by atoms with Crippen molar-refractivity contribution in [1.82, 2.24) is 0 Å². The molecule has 0 radical (unpaired) electrons. The van der Waals surface area contributed by atoms with Crippen molar-refractivity contribution >= 4 is 23.5 Å². The Kier molecular flexibility index (Phi) is 6.27. The number of ketones is 1. The van der Waals surface area contributed by atoms with E-state index in [1.54, 1.807) is 13.0 Å². The molecule has 27 heavy (non-hydrogen) atoms. The van der Waals surface area contributed by atoms with E-state index in [2.05, 4.69) is 0 Å². The molecule has 0 atom stereocenters. The molecular weight excluding hydrogens is 354 g/mol. The third kappa shape index (κ3) is 5.15. The van der Waals surface area contributed by atoms with Crippen LogP contribution in [0.3, 0.4) is 0 Å². The van der Waals surface area contributed by atoms with E-state index in [-0.39, 0.29) is 22.7 Å². The molecule has 8 heteroatoms. The van der Waals surface area contributed by atoms with Crippen molar-refractivity contribution in [3.05, 3.63) is 69.3 Å². The number of benzene rings is 2. The second kappa shape index (κ2) is 8.61. The minimum Gasteiger partial charge on any atom is -0.504 e. The number of ether oxygens (including phenoxy) is 2. The number of rotatable bonds is 7. The highest BCUT2D eigenvalue weighted by molar-refractivity contribution is 5.99. The molecule has 0 saturated heterocycles. The first kappa shape index (κ1) is 19.6. The number of hydrogen-bond donors (Lipinski definition) is 1. The van der Waals surface area contributed by atoms with Crippen molar-refractivity contribution in [3.8, 4) is 11.5 Å². The highest BCUT2D eigenvalue weighted by atomic mass is 16.6. The number of nitro benzene ring substituents is 1. The molecule has 2 aromatic rings. The number of aromatic hydroxyl groups is 1. The fourth-order valence-electron chi connectivity index (χ4n) is 2.21. The van der Waals surface area contributed by atoms with Crippen LogP contribution in [-0.4, -0.2) is 35.5 Å². The molecule has 0 spiro atoms. The maximum Gasteiger partial charge on any atom is 0.331 e. The second-order valence-electron chi connectivity index (χ2n) is 5.55. The van der Waals surface area contributed by atoms with Crippen LogP contribution in [0, 0.1) is 17.0 Å². The van der Waals surface area contributed by atoms with Crippen LogP contribution in [0.2, 0.25) is 0 Å². The summed E-state index contributed by atoms with van der Waals surface area (Å²) >= 11 is 0. The molecule has 0 aromatic heterocycles. The predicted molar refractivity (Wildman–Crippen MR) is 96.8 cm³/mol. The number of esters is 1. The number of nitro groups is 1. The average Bonchev–Trinajstić information content (AvgIpc) is 2.65. The molecule has 2 aromatic carbocycles. The fourth-order valence-corrected chi connectivity index (χ4v) is 2.21. The average molecular weight is 371 g/mol. The van der Waals surface area contributed by atoms with Crippen molar-refractivity contribution in [1.29, 1.82) is 0 Å². The van der Waals surface area contributed by atoms with Gasteiger partial charge in [0.05, 0.1) is 12.0 Å². The van der Waals surface area contributed by atoms with Gasteiger partial charge in [-0.3, -0.25) is 14.9 Å². The van der Waals surface area contributed by atoms with Gasteiger partial charge in [-0.2, -0.15) is 0 Å². The number of Topliss-reactive ketones (excluding diaryl/α,β-unsaturated/α-hetero) is 1. The lowest BCUT2D eigenvalue weighted by Crippen LogP contribution is -2.13. The largest absolute Gasteiger partial charge is 0.504 e. The van der Waals surface area contributed by atoms with E-state index >= 15 is 0 Å². The summed E-state index contributed by atoms with van der Waals surface area (Å²) in [4.78, 5) is 34.2. The van der Waals surface area contributed by atoms with Crippen LogP contribution in [-0.2, 0) is 9.53 Å². The first-order valence-electron chi connectivity index (χ1n) is 7.82. The third-order valence-corrected chi connectivity index (χ3v) is 3.69. The fraction of sp³-hybridized carbons (Fsp3) is 0.158. The Balaban J connectivity index is 1.98. The highest BCUT2D eigenvalue weighted by Crippen LogP contribution is 2.26. The number of phenolic OH excluding ortho intramolecular Hbond substituents is 1. The molecule has 0 amide bonds. The first-order chi connectivity index (χ1) is 12.8. The maximum atomic E-state index is 12.1. The Morgan fingerprint density at radius 3 is 2.63 bits per heavy atom. The number of hydrogen-bond acceptors (Lipinski definition) is 7. The lowest BCUT2D eigenvalue weighted by Gasteiger charge is -2.04. The molecule has 1 N–H and O–H groups in total. The Bertz CT molecular complexity index is 918. The van der Waals surface area contributed by atoms with Crippen LogP contribution < -0.4 is 4.74 Å². The van der Waals surface area contributed by atoms with Gasteiger partial charge < -0.3 is 14.6 Å². The molecule has 0 heterocycles. The summed E-state index contributed by atoms with van der Waals surface area (Å²) in [6.07, 6.45) is 2.56. The van der Waals surface area contributed by atoms with E-state index < -0.39 is 23.3 Å². The van der Waals surface area contributed by atoms with Gasteiger partial charge in [0, 0.05) is 23.3 Å². The summed E-state index contributed by atoms with van der Waals surface area (Å²) in [6, 6.07) is 8.57. The smallest absolute Gasteiger partial charge is 0.331 e. The van der Waals surface area contributed by atoms with Crippen LogP contribution in [0.1, 0.15) is 21.5 Å². The monoisotopic (exact) mass is 371 g/mol. The summed E-state index contributed by atoms with van der Waals surface area (Å²) in [7, 11) is 1.40. The third-order valence-electron chi connectivity index (χ3n) is 3.69. The number of nitrogens with zero attached hydrogens (tertiary/aromatic N) is 1. The van der Waals surface area contributed by atoms with Crippen LogP contribution in [0.5, 0.6) is 11.5 Å². The number of methoxy groups -OCH3 is 1. The van der Waals surface area contributed by atoms with Crippen LogP contribution in [0.4, 0.5) is 5.69 Å². The van der Waals surface area contributed by atoms with Gasteiger partial charge in [0.2, 0.25) is 5.78 Å². The molecule has 0 unspecified atom stereocenters. The van der Waals surface area contributed by atoms with E-state index in [0.717, 1.165) is 12.1 Å². The summed E-state index contributed by atoms with van der Waals surface area (Å²) in [5.74, 6) is -1.08. The quantitative estimate of drug-likeness (QED) is 0.261. The van der Waals surface area contributed by atoms with Gasteiger partial charge in [-0.1, -0.05) is 18.2 Å². The van der Waals surface area contributed by atoms with E-state index in [1.165, 1.54) is 37.5 Å². The maximum absolute atomic E-state index is 12.1. The van der Waals surface area contributed by atoms with E-state index in [0.29, 0.717) is 11.1 Å². The Morgan fingerprint density at radius 2 is 1.96 bits per heavy atom. The van der Waals surface area contributed by atoms with Crippen molar-refractivity contribution in [2.75, 3.05) is 13.7 Å². The molecule has 8 nitrogen and oxygen atoms in total. The van der Waals surface area contributed by atoms with Gasteiger partial charge in [0.1, 0.15) is 0 Å². The zero-order valence-corrected chi connectivity index (χ0v) is 14.7. The van der Waals surface area contributed by atoms with Crippen molar-refractivity contribution in [2.24, 2.45) is 0 Å². The van der Waals surface area contributed by atoms with E-state index in [1.807, 2.05) is 0 Å². The highest BCUT2D eigenvalue weighted by Gasteiger charge is 2.16. The number of carbonyl (C=O) groups excluding carboxylic acids is 2. The summed E-state index contributed by atoms with van der Waals surface area (Å²) in [6.45, 7) is 1.03. The van der Waals surface area contributed by atoms with E-state index in [9.17, 15) is 24.8 Å². The zero-order valence-electron chi connectivity index (χ0n) is 14.7. The lowest BCUT2D eigenvalue weighted by atomic mass is 10.1. The summed E-state index contributed by atoms with van der Waals surface area (Å²) < 4.78 is 9.83. The Hall–Kier alpha value is -3.68. The molecule has 0 saturated carbocycles. The predicted octanol–water partition coefficient (Wildman–Crippen LogP) is 3.06. The molecule has 0 fully saturated rings. The van der Waals surface area contributed by atoms with Crippen LogP contribution in [0.15, 0.2) is 42.5 Å². The van der Waals surface area contributed by atoms with Crippen molar-refractivity contribution < 1.29 is 29.1 Å². The standard InChI is InChI=1S/C19H17NO7/c1-12-3-6-14(10-15(12)20(24)25)17(22)11-27-19(23)8-5-13-4-7-16(21)18(9-13)26-2/h3-10,21H,11H2,1-2H3/b8-5+. The minimum absolute atomic E-state index is 0.0324. The Labute approximate surface area is 154 Å². The van der Waals surface area contributed by atoms with Gasteiger partial charge >= 0.3 is 5.97 Å². The van der Waals surface area contributed by atoms with Gasteiger partial charge in [-0.15, -0.1) is 0 Å². The topological polar surface area (TPSA) is 116 Å². The Morgan fingerprint density at radius 1 is 1.22 bits per heavy atom. The molecule has 0 bridgehead atoms. The van der Waals surface area contributed by atoms with Gasteiger partial charge in [0.15, 0.2) is 18.1 Å². The normalized spacial score (nSPS) is 10.6. The molecule has 140 valence electrons. The van der Waals surface area contributed by atoms with Crippen LogP contribution in [0.25, 0.3) is 6.08 Å². The van der Waals surface area contributed by atoms with Gasteiger partial charge in [0.25, 0.3) is 5.69 Å². The number of carbonyl (C=O) groups is 2. The SMILES string of the molecule is COc1cc(/C=C/C(=O)OCC(=O)c2ccc(C)c([N+](=O)[O-])c2)ccc1O. The van der Waals surface area contributed by atoms with Crippen molar-refractivity contribution in [3.63, 3.8) is 0 Å². The number of aryl methyl sites for hydroxylation is 1. The molecule has 0 aliphatic carbocycles. The molecule has 0 aliphatic rings. The molecule has 0 aliphatic heterocycles. The molecular formula is C19H17NO7. The summed E-state index contributed by atoms with van der Waals surface area (Å²) in [5, 5.41) is 20.4. The van der Waals surface area contributed by atoms with Crippen molar-refractivity contribution in [2.45, 2.75) is 6.92 Å². The van der Waals surface area contributed by atoms with E-state index in [4.69, 9.17) is 9.47 Å².